The predicted molar refractivity (Wildman–Crippen MR) is 63.9 cm³/mol. The van der Waals surface area contributed by atoms with E-state index >= 15 is 0 Å². The average molecular weight is 281 g/mol. The summed E-state index contributed by atoms with van der Waals surface area (Å²) in [5.74, 6) is -0.257. The van der Waals surface area contributed by atoms with Crippen LogP contribution in [-0.2, 0) is 0 Å². The topological polar surface area (TPSA) is 51.4 Å². The van der Waals surface area contributed by atoms with Crippen molar-refractivity contribution < 1.29 is 4.79 Å². The summed E-state index contributed by atoms with van der Waals surface area (Å²) in [7, 11) is 0. The van der Waals surface area contributed by atoms with Crippen molar-refractivity contribution in [2.24, 2.45) is 0 Å². The van der Waals surface area contributed by atoms with Crippen LogP contribution >= 0.6 is 15.9 Å². The van der Waals surface area contributed by atoms with E-state index in [4.69, 9.17) is 0 Å². The van der Waals surface area contributed by atoms with Crippen LogP contribution in [-0.4, -0.2) is 15.2 Å². The number of Topliss-reactive ketones (excluding diaryl/α,β-unsaturated/α-hetero) is 1. The van der Waals surface area contributed by atoms with E-state index in [1.54, 1.807) is 25.3 Å². The molecule has 16 heavy (non-hydrogen) atoms. The first-order chi connectivity index (χ1) is 7.50. The summed E-state index contributed by atoms with van der Waals surface area (Å²) in [4.78, 5) is 27.6. The molecule has 5 heteroatoms. The second-order valence-corrected chi connectivity index (χ2v) is 4.42. The van der Waals surface area contributed by atoms with Crippen LogP contribution in [0.2, 0.25) is 0 Å². The zero-order valence-corrected chi connectivity index (χ0v) is 10.4. The molecule has 0 spiro atoms. The van der Waals surface area contributed by atoms with E-state index in [0.29, 0.717) is 11.3 Å². The molecule has 0 bridgehead atoms. The Balaban J connectivity index is 2.95. The molecule has 82 valence electrons. The van der Waals surface area contributed by atoms with E-state index in [1.165, 1.54) is 11.3 Å². The number of nitrogens with zero attached hydrogens (tertiary/aromatic N) is 2. The number of aryl methyl sites for hydroxylation is 1. The summed E-state index contributed by atoms with van der Waals surface area (Å²) in [6.45, 7) is 3.04. The van der Waals surface area contributed by atoms with Gasteiger partial charge in [0.15, 0.2) is 5.78 Å². The monoisotopic (exact) mass is 280 g/mol. The minimum Gasteiger partial charge on any atom is -0.294 e. The lowest BCUT2D eigenvalue weighted by atomic mass is 10.1. The molecule has 0 saturated heterocycles. The lowest BCUT2D eigenvalue weighted by Crippen LogP contribution is -2.23. The highest BCUT2D eigenvalue weighted by molar-refractivity contribution is 9.10. The fourth-order valence-corrected chi connectivity index (χ4v) is 1.95. The van der Waals surface area contributed by atoms with Gasteiger partial charge in [0, 0.05) is 10.7 Å². The van der Waals surface area contributed by atoms with Crippen molar-refractivity contribution >= 4 is 27.4 Å². The molecule has 0 aliphatic carbocycles. The van der Waals surface area contributed by atoms with E-state index in [9.17, 15) is 9.59 Å². The van der Waals surface area contributed by atoms with Gasteiger partial charge in [-0.1, -0.05) is 15.9 Å². The van der Waals surface area contributed by atoms with Gasteiger partial charge in [-0.05, 0) is 26.0 Å². The van der Waals surface area contributed by atoms with Gasteiger partial charge in [-0.2, -0.15) is 0 Å². The lowest BCUT2D eigenvalue weighted by molar-refractivity contribution is 0.101. The molecule has 0 fully saturated rings. The number of halogens is 1. The molecule has 0 aliphatic heterocycles. The zero-order chi connectivity index (χ0) is 11.9. The molecule has 2 rings (SSSR count). The van der Waals surface area contributed by atoms with Crippen molar-refractivity contribution in [3.05, 3.63) is 44.4 Å². The van der Waals surface area contributed by atoms with Crippen molar-refractivity contribution in [2.75, 3.05) is 0 Å². The summed E-state index contributed by atoms with van der Waals surface area (Å²) in [5, 5.41) is 0. The molecular weight excluding hydrogens is 272 g/mol. The number of aromatic nitrogens is 2. The van der Waals surface area contributed by atoms with Crippen LogP contribution in [0.5, 0.6) is 0 Å². The number of carbonyl (C=O) groups excluding carboxylic acids is 1. The molecule has 0 radical (unpaired) electrons. The fourth-order valence-electron chi connectivity index (χ4n) is 1.63. The zero-order valence-electron chi connectivity index (χ0n) is 8.82. The number of carbonyl (C=O) groups is 1. The molecule has 0 aromatic carbocycles. The third-order valence-corrected chi connectivity index (χ3v) is 2.82. The highest BCUT2D eigenvalue weighted by atomic mass is 79.9. The van der Waals surface area contributed by atoms with Crippen LogP contribution < -0.4 is 5.56 Å². The van der Waals surface area contributed by atoms with Crippen molar-refractivity contribution in [1.29, 1.82) is 0 Å². The average Bonchev–Trinajstić information content (AvgIpc) is 2.15. The Hall–Kier alpha value is -1.49. The van der Waals surface area contributed by atoms with Gasteiger partial charge >= 0.3 is 0 Å². The minimum atomic E-state index is -0.317. The van der Waals surface area contributed by atoms with E-state index in [1.807, 2.05) is 0 Å². The number of ketones is 1. The van der Waals surface area contributed by atoms with Crippen LogP contribution in [0, 0.1) is 6.92 Å². The maximum absolute atomic E-state index is 12.0. The third-order valence-electron chi connectivity index (χ3n) is 2.33. The van der Waals surface area contributed by atoms with Crippen molar-refractivity contribution in [1.82, 2.24) is 9.38 Å². The Morgan fingerprint density at radius 3 is 2.81 bits per heavy atom. The van der Waals surface area contributed by atoms with Gasteiger partial charge in [0.2, 0.25) is 0 Å². The van der Waals surface area contributed by atoms with Gasteiger partial charge in [-0.25, -0.2) is 4.98 Å². The standard InChI is InChI=1S/C11H9BrN2O2/c1-6-10(7(2)15)11(16)14-4-3-8(12)5-9(14)13-6/h3-5H,1-2H3. The number of hydrogen-bond acceptors (Lipinski definition) is 3. The number of rotatable bonds is 1. The molecule has 2 aromatic heterocycles. The molecule has 0 N–H and O–H groups in total. The van der Waals surface area contributed by atoms with Gasteiger partial charge < -0.3 is 0 Å². The number of hydrogen-bond donors (Lipinski definition) is 0. The summed E-state index contributed by atoms with van der Waals surface area (Å²) in [5.41, 5.74) is 0.833. The van der Waals surface area contributed by atoms with E-state index in [0.717, 1.165) is 4.47 Å². The highest BCUT2D eigenvalue weighted by Crippen LogP contribution is 2.11. The van der Waals surface area contributed by atoms with Crippen LogP contribution in [0.3, 0.4) is 0 Å². The lowest BCUT2D eigenvalue weighted by Gasteiger charge is -2.05. The quantitative estimate of drug-likeness (QED) is 0.751. The second kappa shape index (κ2) is 3.83. The summed E-state index contributed by atoms with van der Waals surface area (Å²) >= 11 is 3.31. The Labute approximate surface area is 100 Å². The number of fused-ring (bicyclic) bond motifs is 1. The first-order valence-corrected chi connectivity index (χ1v) is 5.49. The summed E-state index contributed by atoms with van der Waals surface area (Å²) in [6.07, 6.45) is 1.60. The molecular formula is C11H9BrN2O2. The largest absolute Gasteiger partial charge is 0.294 e. The van der Waals surface area contributed by atoms with Crippen LogP contribution in [0.15, 0.2) is 27.6 Å². The van der Waals surface area contributed by atoms with Gasteiger partial charge in [0.1, 0.15) is 11.2 Å². The Bertz CT molecular complexity index is 646. The van der Waals surface area contributed by atoms with Gasteiger partial charge in [-0.15, -0.1) is 0 Å². The Morgan fingerprint density at radius 2 is 2.19 bits per heavy atom. The van der Waals surface area contributed by atoms with Crippen molar-refractivity contribution in [3.63, 3.8) is 0 Å². The van der Waals surface area contributed by atoms with Gasteiger partial charge in [-0.3, -0.25) is 14.0 Å². The summed E-state index contributed by atoms with van der Waals surface area (Å²) < 4.78 is 2.21. The van der Waals surface area contributed by atoms with E-state index in [-0.39, 0.29) is 16.9 Å². The van der Waals surface area contributed by atoms with Crippen molar-refractivity contribution in [3.8, 4) is 0 Å². The van der Waals surface area contributed by atoms with E-state index < -0.39 is 0 Å². The highest BCUT2D eigenvalue weighted by Gasteiger charge is 2.13. The van der Waals surface area contributed by atoms with Crippen LogP contribution in [0.1, 0.15) is 23.0 Å². The Morgan fingerprint density at radius 1 is 1.50 bits per heavy atom. The summed E-state index contributed by atoms with van der Waals surface area (Å²) in [6, 6.07) is 3.47. The van der Waals surface area contributed by atoms with Gasteiger partial charge in [0.25, 0.3) is 5.56 Å². The smallest absolute Gasteiger partial charge is 0.268 e. The second-order valence-electron chi connectivity index (χ2n) is 3.51. The molecule has 2 aromatic rings. The normalized spacial score (nSPS) is 10.7. The van der Waals surface area contributed by atoms with E-state index in [2.05, 4.69) is 20.9 Å². The number of pyridine rings is 1. The maximum atomic E-state index is 12.0. The maximum Gasteiger partial charge on any atom is 0.268 e. The van der Waals surface area contributed by atoms with Crippen LogP contribution in [0.4, 0.5) is 0 Å². The fraction of sp³-hybridized carbons (Fsp3) is 0.182. The molecule has 2 heterocycles. The van der Waals surface area contributed by atoms with Gasteiger partial charge in [0.05, 0.1) is 5.69 Å². The van der Waals surface area contributed by atoms with Crippen molar-refractivity contribution in [2.45, 2.75) is 13.8 Å². The first kappa shape index (κ1) is 11.0. The third kappa shape index (κ3) is 1.67. The predicted octanol–water partition coefficient (Wildman–Crippen LogP) is 1.97. The SMILES string of the molecule is CC(=O)c1c(C)nc2cc(Br)ccn2c1=O. The Kier molecular flexibility index (Phi) is 2.63. The molecule has 0 saturated carbocycles. The first-order valence-electron chi connectivity index (χ1n) is 4.70. The minimum absolute atomic E-state index is 0.153. The van der Waals surface area contributed by atoms with Crippen LogP contribution in [0.25, 0.3) is 5.65 Å². The molecule has 0 amide bonds. The molecule has 0 unspecified atom stereocenters. The molecule has 0 atom stereocenters. The molecule has 0 aliphatic rings. The molecule has 4 nitrogen and oxygen atoms in total.